The fraction of sp³-hybridized carbons (Fsp3) is 0.500. The smallest absolute Gasteiger partial charge is 0.227 e. The van der Waals surface area contributed by atoms with E-state index in [1.807, 2.05) is 42.2 Å². The van der Waals surface area contributed by atoms with Gasteiger partial charge in [0.1, 0.15) is 0 Å². The summed E-state index contributed by atoms with van der Waals surface area (Å²) in [5.74, 6) is 0.255. The molecule has 106 valence electrons. The molecule has 1 aromatic carbocycles. The zero-order valence-electron chi connectivity index (χ0n) is 12.0. The number of hydrogen-bond donors (Lipinski definition) is 0. The Kier molecular flexibility index (Phi) is 5.14. The number of rotatable bonds is 4. The molecule has 20 heavy (non-hydrogen) atoms. The average Bonchev–Trinajstić information content (AvgIpc) is 2.49. The van der Waals surface area contributed by atoms with Gasteiger partial charge in [0.2, 0.25) is 5.91 Å². The van der Waals surface area contributed by atoms with Crippen LogP contribution in [0.1, 0.15) is 12.5 Å². The molecular formula is C16H21N3O. The number of nitriles is 1. The van der Waals surface area contributed by atoms with E-state index >= 15 is 0 Å². The van der Waals surface area contributed by atoms with Crippen molar-refractivity contribution in [3.05, 3.63) is 35.9 Å². The third-order valence-electron chi connectivity index (χ3n) is 3.68. The lowest BCUT2D eigenvalue weighted by Gasteiger charge is -2.35. The van der Waals surface area contributed by atoms with Gasteiger partial charge < -0.3 is 4.90 Å². The highest BCUT2D eigenvalue weighted by atomic mass is 16.2. The summed E-state index contributed by atoms with van der Waals surface area (Å²) in [6, 6.07) is 12.1. The summed E-state index contributed by atoms with van der Waals surface area (Å²) in [7, 11) is 0. The molecule has 0 aliphatic carbocycles. The number of carbonyl (C=O) groups is 1. The number of benzene rings is 1. The minimum atomic E-state index is 0.0570. The second-order valence-electron chi connectivity index (χ2n) is 5.37. The second-order valence-corrected chi connectivity index (χ2v) is 5.37. The number of hydrogen-bond acceptors (Lipinski definition) is 3. The van der Waals surface area contributed by atoms with Gasteiger partial charge in [-0.1, -0.05) is 30.3 Å². The first-order valence-electron chi connectivity index (χ1n) is 7.12. The SMILES string of the molecule is CC(C#N)CN1CCN(C(=O)Cc2ccccc2)CC1. The van der Waals surface area contributed by atoms with Crippen LogP contribution in [0.3, 0.4) is 0 Å². The molecule has 1 aromatic rings. The molecule has 1 heterocycles. The molecule has 1 atom stereocenters. The Morgan fingerprint density at radius 2 is 1.90 bits per heavy atom. The van der Waals surface area contributed by atoms with E-state index in [0.29, 0.717) is 6.42 Å². The molecule has 0 radical (unpaired) electrons. The topological polar surface area (TPSA) is 47.3 Å². The molecule has 4 nitrogen and oxygen atoms in total. The quantitative estimate of drug-likeness (QED) is 0.834. The summed E-state index contributed by atoms with van der Waals surface area (Å²) in [6.07, 6.45) is 0.482. The normalized spacial score (nSPS) is 17.5. The van der Waals surface area contributed by atoms with Gasteiger partial charge in [-0.25, -0.2) is 0 Å². The fourth-order valence-corrected chi connectivity index (χ4v) is 2.49. The van der Waals surface area contributed by atoms with E-state index in [1.165, 1.54) is 0 Å². The molecule has 1 aliphatic heterocycles. The Morgan fingerprint density at radius 1 is 1.25 bits per heavy atom. The molecule has 1 unspecified atom stereocenters. The van der Waals surface area contributed by atoms with Gasteiger partial charge in [-0.2, -0.15) is 5.26 Å². The Bertz CT molecular complexity index is 472. The maximum atomic E-state index is 12.2. The molecule has 0 aromatic heterocycles. The zero-order valence-corrected chi connectivity index (χ0v) is 12.0. The van der Waals surface area contributed by atoms with E-state index in [4.69, 9.17) is 5.26 Å². The van der Waals surface area contributed by atoms with Crippen molar-refractivity contribution >= 4 is 5.91 Å². The van der Waals surface area contributed by atoms with Gasteiger partial charge in [-0.05, 0) is 12.5 Å². The van der Waals surface area contributed by atoms with E-state index in [1.54, 1.807) is 0 Å². The lowest BCUT2D eigenvalue weighted by atomic mass is 10.1. The minimum absolute atomic E-state index is 0.0570. The monoisotopic (exact) mass is 271 g/mol. The predicted molar refractivity (Wildman–Crippen MR) is 77.9 cm³/mol. The lowest BCUT2D eigenvalue weighted by molar-refractivity contribution is -0.132. The maximum absolute atomic E-state index is 12.2. The van der Waals surface area contributed by atoms with Crippen LogP contribution in [0.5, 0.6) is 0 Å². The second kappa shape index (κ2) is 7.06. The molecule has 1 saturated heterocycles. The summed E-state index contributed by atoms with van der Waals surface area (Å²) in [6.45, 7) is 6.01. The summed E-state index contributed by atoms with van der Waals surface area (Å²) in [5, 5.41) is 8.83. The fourth-order valence-electron chi connectivity index (χ4n) is 2.49. The molecule has 1 aliphatic rings. The highest BCUT2D eigenvalue weighted by Gasteiger charge is 2.21. The Balaban J connectivity index is 1.79. The van der Waals surface area contributed by atoms with Gasteiger partial charge in [0, 0.05) is 32.7 Å². The Labute approximate surface area is 120 Å². The highest BCUT2D eigenvalue weighted by molar-refractivity contribution is 5.78. The molecule has 1 amide bonds. The van der Waals surface area contributed by atoms with Crippen molar-refractivity contribution in [2.45, 2.75) is 13.3 Å². The first-order valence-corrected chi connectivity index (χ1v) is 7.12. The van der Waals surface area contributed by atoms with E-state index in [2.05, 4.69) is 11.0 Å². The third-order valence-corrected chi connectivity index (χ3v) is 3.68. The number of amides is 1. The summed E-state index contributed by atoms with van der Waals surface area (Å²) in [4.78, 5) is 16.4. The highest BCUT2D eigenvalue weighted by Crippen LogP contribution is 2.08. The first kappa shape index (κ1) is 14.5. The van der Waals surface area contributed by atoms with Crippen molar-refractivity contribution in [2.75, 3.05) is 32.7 Å². The summed E-state index contributed by atoms with van der Waals surface area (Å²) in [5.41, 5.74) is 1.07. The van der Waals surface area contributed by atoms with Gasteiger partial charge in [0.05, 0.1) is 18.4 Å². The first-order chi connectivity index (χ1) is 9.69. The maximum Gasteiger partial charge on any atom is 0.227 e. The molecule has 0 bridgehead atoms. The van der Waals surface area contributed by atoms with Gasteiger partial charge in [0.25, 0.3) is 0 Å². The van der Waals surface area contributed by atoms with Crippen molar-refractivity contribution in [2.24, 2.45) is 5.92 Å². The van der Waals surface area contributed by atoms with Crippen molar-refractivity contribution in [1.29, 1.82) is 5.26 Å². The van der Waals surface area contributed by atoms with E-state index < -0.39 is 0 Å². The molecule has 2 rings (SSSR count). The van der Waals surface area contributed by atoms with Gasteiger partial charge >= 0.3 is 0 Å². The molecular weight excluding hydrogens is 250 g/mol. The van der Waals surface area contributed by atoms with Crippen molar-refractivity contribution < 1.29 is 4.79 Å². The van der Waals surface area contributed by atoms with E-state index in [-0.39, 0.29) is 11.8 Å². The third kappa shape index (κ3) is 4.07. The number of carbonyl (C=O) groups excluding carboxylic acids is 1. The van der Waals surface area contributed by atoms with Crippen molar-refractivity contribution in [1.82, 2.24) is 9.80 Å². The predicted octanol–water partition coefficient (Wildman–Crippen LogP) is 1.53. The lowest BCUT2D eigenvalue weighted by Crippen LogP contribution is -2.49. The molecule has 4 heteroatoms. The largest absolute Gasteiger partial charge is 0.340 e. The molecule has 0 N–H and O–H groups in total. The van der Waals surface area contributed by atoms with E-state index in [9.17, 15) is 4.79 Å². The van der Waals surface area contributed by atoms with Gasteiger partial charge in [0.15, 0.2) is 0 Å². The summed E-state index contributed by atoms with van der Waals surface area (Å²) < 4.78 is 0. The number of nitrogens with zero attached hydrogens (tertiary/aromatic N) is 3. The van der Waals surface area contributed by atoms with Crippen molar-refractivity contribution in [3.63, 3.8) is 0 Å². The molecule has 0 spiro atoms. The standard InChI is InChI=1S/C16H21N3O/c1-14(12-17)13-18-7-9-19(10-8-18)16(20)11-15-5-3-2-4-6-15/h2-6,14H,7-11,13H2,1H3. The van der Waals surface area contributed by atoms with Gasteiger partial charge in [-0.15, -0.1) is 0 Å². The van der Waals surface area contributed by atoms with Crippen LogP contribution < -0.4 is 0 Å². The van der Waals surface area contributed by atoms with Crippen molar-refractivity contribution in [3.8, 4) is 6.07 Å². The van der Waals surface area contributed by atoms with Crippen LogP contribution >= 0.6 is 0 Å². The van der Waals surface area contributed by atoms with Crippen LogP contribution in [0.4, 0.5) is 0 Å². The van der Waals surface area contributed by atoms with Gasteiger partial charge in [-0.3, -0.25) is 9.69 Å². The molecule has 1 fully saturated rings. The van der Waals surface area contributed by atoms with Crippen LogP contribution in [0.25, 0.3) is 0 Å². The van der Waals surface area contributed by atoms with Crippen LogP contribution in [0.2, 0.25) is 0 Å². The molecule has 0 saturated carbocycles. The van der Waals surface area contributed by atoms with E-state index in [0.717, 1.165) is 38.3 Å². The number of piperazine rings is 1. The van der Waals surface area contributed by atoms with Crippen LogP contribution in [-0.2, 0) is 11.2 Å². The minimum Gasteiger partial charge on any atom is -0.340 e. The Hall–Kier alpha value is -1.86. The van der Waals surface area contributed by atoms with Crippen LogP contribution in [-0.4, -0.2) is 48.4 Å². The summed E-state index contributed by atoms with van der Waals surface area (Å²) >= 11 is 0. The Morgan fingerprint density at radius 3 is 2.50 bits per heavy atom. The van der Waals surface area contributed by atoms with Crippen LogP contribution in [0.15, 0.2) is 30.3 Å². The average molecular weight is 271 g/mol. The zero-order chi connectivity index (χ0) is 14.4. The van der Waals surface area contributed by atoms with Crippen LogP contribution in [0, 0.1) is 17.2 Å².